The molecule has 1 aromatic heterocycles. The number of rotatable bonds is 5. The first-order valence-corrected chi connectivity index (χ1v) is 5.96. The fraction of sp³-hybridized carbons (Fsp3) is 0.900. The largest absolute Gasteiger partial charge is 0.329 e. The maximum Gasteiger partial charge on any atom is 0.188 e. The van der Waals surface area contributed by atoms with Gasteiger partial charge in [0.15, 0.2) is 5.82 Å². The first kappa shape index (κ1) is 11.5. The summed E-state index contributed by atoms with van der Waals surface area (Å²) in [5.41, 5.74) is 5.65. The fourth-order valence-corrected chi connectivity index (χ4v) is 2.39. The van der Waals surface area contributed by atoms with Crippen LogP contribution in [-0.2, 0) is 13.6 Å². The molecule has 1 heterocycles. The number of hydrogen-bond acceptors (Lipinski definition) is 5. The highest BCUT2D eigenvalue weighted by molar-refractivity contribution is 4.83. The van der Waals surface area contributed by atoms with Crippen LogP contribution in [0.4, 0.5) is 0 Å². The van der Waals surface area contributed by atoms with Crippen molar-refractivity contribution in [2.75, 3.05) is 13.1 Å². The van der Waals surface area contributed by atoms with Crippen LogP contribution in [-0.4, -0.2) is 44.2 Å². The maximum absolute atomic E-state index is 5.65. The Morgan fingerprint density at radius 1 is 1.44 bits per heavy atom. The highest BCUT2D eigenvalue weighted by Gasteiger charge is 2.23. The summed E-state index contributed by atoms with van der Waals surface area (Å²) < 4.78 is 0. The van der Waals surface area contributed by atoms with Crippen LogP contribution < -0.4 is 5.73 Å². The molecular formula is C10H20N6. The third-order valence-electron chi connectivity index (χ3n) is 3.15. The van der Waals surface area contributed by atoms with Crippen LogP contribution in [0.1, 0.15) is 31.5 Å². The van der Waals surface area contributed by atoms with Crippen LogP contribution in [0.3, 0.4) is 0 Å². The van der Waals surface area contributed by atoms with Crippen LogP contribution in [0.5, 0.6) is 0 Å². The summed E-state index contributed by atoms with van der Waals surface area (Å²) in [6.07, 6.45) is 5.22. The van der Waals surface area contributed by atoms with Crippen molar-refractivity contribution in [1.29, 1.82) is 0 Å². The molecule has 1 fully saturated rings. The van der Waals surface area contributed by atoms with Gasteiger partial charge in [-0.15, -0.1) is 10.2 Å². The van der Waals surface area contributed by atoms with E-state index in [2.05, 4.69) is 20.3 Å². The van der Waals surface area contributed by atoms with Crippen LogP contribution in [0.2, 0.25) is 0 Å². The van der Waals surface area contributed by atoms with E-state index in [0.29, 0.717) is 12.6 Å². The van der Waals surface area contributed by atoms with Crippen LogP contribution in [0.15, 0.2) is 0 Å². The van der Waals surface area contributed by atoms with E-state index in [-0.39, 0.29) is 0 Å². The predicted octanol–water partition coefficient (Wildman–Crippen LogP) is -0.0866. The van der Waals surface area contributed by atoms with E-state index >= 15 is 0 Å². The fourth-order valence-electron chi connectivity index (χ4n) is 2.39. The van der Waals surface area contributed by atoms with Crippen molar-refractivity contribution in [3.63, 3.8) is 0 Å². The molecule has 2 N–H and O–H groups in total. The lowest BCUT2D eigenvalue weighted by atomic mass is 10.2. The van der Waals surface area contributed by atoms with Crippen LogP contribution in [0, 0.1) is 0 Å². The van der Waals surface area contributed by atoms with Crippen molar-refractivity contribution in [1.82, 2.24) is 25.1 Å². The van der Waals surface area contributed by atoms with Gasteiger partial charge >= 0.3 is 0 Å². The van der Waals surface area contributed by atoms with Crippen molar-refractivity contribution in [3.8, 4) is 0 Å². The molecule has 2 rings (SSSR count). The molecule has 0 unspecified atom stereocenters. The Labute approximate surface area is 95.8 Å². The summed E-state index contributed by atoms with van der Waals surface area (Å²) >= 11 is 0. The monoisotopic (exact) mass is 224 g/mol. The first-order valence-electron chi connectivity index (χ1n) is 5.96. The summed E-state index contributed by atoms with van der Waals surface area (Å²) in [4.78, 5) is 3.90. The van der Waals surface area contributed by atoms with Gasteiger partial charge in [0.25, 0.3) is 0 Å². The Bertz CT molecular complexity index is 317. The number of tetrazole rings is 1. The molecule has 0 spiro atoms. The summed E-state index contributed by atoms with van der Waals surface area (Å²) in [6, 6.07) is 0.660. The number of aromatic nitrogens is 4. The summed E-state index contributed by atoms with van der Waals surface area (Å²) in [7, 11) is 1.79. The molecule has 0 aliphatic heterocycles. The molecule has 0 bridgehead atoms. The highest BCUT2D eigenvalue weighted by Crippen LogP contribution is 2.23. The van der Waals surface area contributed by atoms with Crippen molar-refractivity contribution < 1.29 is 0 Å². The molecule has 0 amide bonds. The van der Waals surface area contributed by atoms with Gasteiger partial charge in [0.1, 0.15) is 0 Å². The summed E-state index contributed by atoms with van der Waals surface area (Å²) in [6.45, 7) is 2.38. The second-order valence-electron chi connectivity index (χ2n) is 4.39. The van der Waals surface area contributed by atoms with Crippen molar-refractivity contribution in [3.05, 3.63) is 5.82 Å². The Kier molecular flexibility index (Phi) is 3.84. The number of nitrogens with two attached hydrogens (primary N) is 1. The van der Waals surface area contributed by atoms with Crippen molar-refractivity contribution in [2.45, 2.75) is 38.3 Å². The number of nitrogens with zero attached hydrogens (tertiary/aromatic N) is 5. The molecule has 6 nitrogen and oxygen atoms in total. The molecule has 90 valence electrons. The van der Waals surface area contributed by atoms with E-state index in [1.54, 1.807) is 7.05 Å². The summed E-state index contributed by atoms with van der Waals surface area (Å²) in [5.74, 6) is 0.794. The molecule has 1 aromatic rings. The average molecular weight is 224 g/mol. The van der Waals surface area contributed by atoms with E-state index < -0.39 is 0 Å². The van der Waals surface area contributed by atoms with E-state index in [4.69, 9.17) is 5.73 Å². The Morgan fingerprint density at radius 3 is 2.75 bits per heavy atom. The maximum atomic E-state index is 5.65. The van der Waals surface area contributed by atoms with E-state index in [1.165, 1.54) is 30.5 Å². The highest BCUT2D eigenvalue weighted by atomic mass is 15.6. The van der Waals surface area contributed by atoms with Gasteiger partial charge in [-0.2, -0.15) is 4.80 Å². The zero-order valence-corrected chi connectivity index (χ0v) is 9.84. The minimum absolute atomic E-state index is 0.660. The van der Waals surface area contributed by atoms with E-state index in [9.17, 15) is 0 Å². The van der Waals surface area contributed by atoms with Gasteiger partial charge in [0.05, 0.1) is 13.6 Å². The molecule has 0 atom stereocenters. The number of hydrogen-bond donors (Lipinski definition) is 1. The van der Waals surface area contributed by atoms with Gasteiger partial charge < -0.3 is 5.73 Å². The third kappa shape index (κ3) is 2.76. The molecular weight excluding hydrogens is 204 g/mol. The molecule has 1 aliphatic rings. The van der Waals surface area contributed by atoms with E-state index in [0.717, 1.165) is 18.9 Å². The smallest absolute Gasteiger partial charge is 0.188 e. The SMILES string of the molecule is Cn1nnc(CN(CCN)C2CCCC2)n1. The van der Waals surface area contributed by atoms with Gasteiger partial charge in [-0.1, -0.05) is 12.8 Å². The van der Waals surface area contributed by atoms with Gasteiger partial charge in [0.2, 0.25) is 0 Å². The van der Waals surface area contributed by atoms with Gasteiger partial charge in [-0.3, -0.25) is 4.90 Å². The number of aryl methyl sites for hydroxylation is 1. The molecule has 0 saturated heterocycles. The molecule has 0 aromatic carbocycles. The van der Waals surface area contributed by atoms with Crippen molar-refractivity contribution in [2.24, 2.45) is 12.8 Å². The molecule has 16 heavy (non-hydrogen) atoms. The molecule has 6 heteroatoms. The Hall–Kier alpha value is -1.01. The molecule has 1 saturated carbocycles. The Morgan fingerprint density at radius 2 is 2.19 bits per heavy atom. The van der Waals surface area contributed by atoms with Crippen LogP contribution >= 0.6 is 0 Å². The zero-order valence-electron chi connectivity index (χ0n) is 9.84. The predicted molar refractivity (Wildman–Crippen MR) is 60.5 cm³/mol. The molecule has 0 radical (unpaired) electrons. The second kappa shape index (κ2) is 5.36. The quantitative estimate of drug-likeness (QED) is 0.757. The average Bonchev–Trinajstić information content (AvgIpc) is 2.88. The third-order valence-corrected chi connectivity index (χ3v) is 3.15. The van der Waals surface area contributed by atoms with Gasteiger partial charge in [-0.05, 0) is 18.1 Å². The lowest BCUT2D eigenvalue weighted by Crippen LogP contribution is -2.37. The van der Waals surface area contributed by atoms with Crippen molar-refractivity contribution >= 4 is 0 Å². The normalized spacial score (nSPS) is 17.4. The van der Waals surface area contributed by atoms with Crippen LogP contribution in [0.25, 0.3) is 0 Å². The lowest BCUT2D eigenvalue weighted by Gasteiger charge is -2.26. The molecule has 1 aliphatic carbocycles. The lowest BCUT2D eigenvalue weighted by molar-refractivity contribution is 0.190. The van der Waals surface area contributed by atoms with Gasteiger partial charge in [0, 0.05) is 19.1 Å². The standard InChI is InChI=1S/C10H20N6/c1-15-13-10(12-14-15)8-16(7-6-11)9-4-2-3-5-9/h9H,2-8,11H2,1H3. The minimum atomic E-state index is 0.660. The topological polar surface area (TPSA) is 72.9 Å². The van der Waals surface area contributed by atoms with E-state index in [1.807, 2.05) is 0 Å². The zero-order chi connectivity index (χ0) is 11.4. The van der Waals surface area contributed by atoms with Gasteiger partial charge in [-0.25, -0.2) is 0 Å². The first-order chi connectivity index (χ1) is 7.79. The second-order valence-corrected chi connectivity index (χ2v) is 4.39. The minimum Gasteiger partial charge on any atom is -0.329 e. The summed E-state index contributed by atoms with van der Waals surface area (Å²) in [5, 5.41) is 12.1. The Balaban J connectivity index is 1.96.